The first-order valence-electron chi connectivity index (χ1n) is 5.44. The van der Waals surface area contributed by atoms with Gasteiger partial charge in [-0.3, -0.25) is 14.5 Å². The van der Waals surface area contributed by atoms with Crippen LogP contribution in [0.4, 0.5) is 5.69 Å². The Labute approximate surface area is 119 Å². The van der Waals surface area contributed by atoms with E-state index in [1.165, 1.54) is 4.90 Å². The van der Waals surface area contributed by atoms with Crippen LogP contribution in [0.25, 0.3) is 0 Å². The Morgan fingerprint density at radius 3 is 2.74 bits per heavy atom. The van der Waals surface area contributed by atoms with Crippen LogP contribution in [-0.2, 0) is 9.59 Å². The van der Waals surface area contributed by atoms with Crippen LogP contribution in [0.1, 0.15) is 0 Å². The second kappa shape index (κ2) is 7.56. The molecule has 0 saturated heterocycles. The molecule has 0 radical (unpaired) electrons. The lowest BCUT2D eigenvalue weighted by molar-refractivity contribution is -0.138. The van der Waals surface area contributed by atoms with Crippen molar-refractivity contribution in [3.8, 4) is 12.3 Å². The molecule has 0 aliphatic heterocycles. The number of amides is 1. The number of benzene rings is 1. The quantitative estimate of drug-likeness (QED) is 0.776. The Kier molecular flexibility index (Phi) is 6.06. The van der Waals surface area contributed by atoms with Gasteiger partial charge >= 0.3 is 5.97 Å². The van der Waals surface area contributed by atoms with Crippen molar-refractivity contribution in [1.82, 2.24) is 4.90 Å². The second-order valence-electron chi connectivity index (χ2n) is 3.80. The van der Waals surface area contributed by atoms with E-state index in [0.29, 0.717) is 5.69 Å². The molecule has 1 rings (SSSR count). The van der Waals surface area contributed by atoms with E-state index in [4.69, 9.17) is 11.5 Å². The van der Waals surface area contributed by atoms with E-state index < -0.39 is 5.97 Å². The molecule has 100 valence electrons. The second-order valence-corrected chi connectivity index (χ2v) is 4.72. The first-order chi connectivity index (χ1) is 9.01. The number of hydrogen-bond acceptors (Lipinski definition) is 3. The minimum atomic E-state index is -1.02. The zero-order chi connectivity index (χ0) is 14.3. The van der Waals surface area contributed by atoms with E-state index in [0.717, 1.165) is 4.47 Å². The third kappa shape index (κ3) is 6.04. The molecule has 0 fully saturated rings. The van der Waals surface area contributed by atoms with E-state index >= 15 is 0 Å². The predicted molar refractivity (Wildman–Crippen MR) is 75.7 cm³/mol. The number of carbonyl (C=O) groups excluding carboxylic acids is 1. The molecule has 0 aliphatic carbocycles. The summed E-state index contributed by atoms with van der Waals surface area (Å²) in [6.45, 7) is -0.225. The summed E-state index contributed by atoms with van der Waals surface area (Å²) in [6.07, 6.45) is 5.13. The average Bonchev–Trinajstić information content (AvgIpc) is 2.27. The van der Waals surface area contributed by atoms with Crippen molar-refractivity contribution in [3.63, 3.8) is 0 Å². The number of nitrogens with zero attached hydrogens (tertiary/aromatic N) is 1. The number of rotatable bonds is 6. The summed E-state index contributed by atoms with van der Waals surface area (Å²) in [5.41, 5.74) is 0.635. The summed E-state index contributed by atoms with van der Waals surface area (Å²) in [4.78, 5) is 23.8. The minimum absolute atomic E-state index is 0.0665. The van der Waals surface area contributed by atoms with E-state index in [1.807, 2.05) is 6.07 Å². The fourth-order valence-electron chi connectivity index (χ4n) is 1.46. The van der Waals surface area contributed by atoms with Crippen LogP contribution < -0.4 is 5.32 Å². The molecule has 0 bridgehead atoms. The highest BCUT2D eigenvalue weighted by molar-refractivity contribution is 9.10. The van der Waals surface area contributed by atoms with Crippen LogP contribution in [0.15, 0.2) is 28.7 Å². The van der Waals surface area contributed by atoms with Gasteiger partial charge in [-0.25, -0.2) is 0 Å². The summed E-state index contributed by atoms with van der Waals surface area (Å²) in [5, 5.41) is 11.4. The molecule has 0 heterocycles. The molecule has 5 nitrogen and oxygen atoms in total. The summed E-state index contributed by atoms with van der Waals surface area (Å²) in [6, 6.07) is 7.12. The zero-order valence-corrected chi connectivity index (χ0v) is 11.7. The summed E-state index contributed by atoms with van der Waals surface area (Å²) in [5.74, 6) is 0.993. The van der Waals surface area contributed by atoms with Gasteiger partial charge in [0.05, 0.1) is 19.6 Å². The van der Waals surface area contributed by atoms with Gasteiger partial charge in [-0.1, -0.05) is 27.9 Å². The molecular formula is C13H13BrN2O3. The normalized spacial score (nSPS) is 9.95. The van der Waals surface area contributed by atoms with Gasteiger partial charge < -0.3 is 10.4 Å². The lowest BCUT2D eigenvalue weighted by Crippen LogP contribution is -2.37. The maximum atomic E-state index is 11.8. The molecule has 1 aromatic carbocycles. The first-order valence-corrected chi connectivity index (χ1v) is 6.23. The van der Waals surface area contributed by atoms with Crippen molar-refractivity contribution in [2.75, 3.05) is 25.0 Å². The Morgan fingerprint density at radius 1 is 1.42 bits per heavy atom. The summed E-state index contributed by atoms with van der Waals surface area (Å²) < 4.78 is 0.844. The molecule has 19 heavy (non-hydrogen) atoms. The molecular weight excluding hydrogens is 312 g/mol. The highest BCUT2D eigenvalue weighted by atomic mass is 79.9. The zero-order valence-electron chi connectivity index (χ0n) is 10.1. The molecule has 0 saturated carbocycles. The van der Waals surface area contributed by atoms with Gasteiger partial charge in [0.1, 0.15) is 0 Å². The lowest BCUT2D eigenvalue weighted by atomic mass is 10.3. The van der Waals surface area contributed by atoms with Gasteiger partial charge in [0.15, 0.2) is 0 Å². The number of hydrogen-bond donors (Lipinski definition) is 2. The number of carboxylic acid groups (broad SMARTS) is 1. The van der Waals surface area contributed by atoms with Crippen molar-refractivity contribution in [1.29, 1.82) is 0 Å². The predicted octanol–water partition coefficient (Wildman–Crippen LogP) is 1.41. The number of terminal acetylenes is 1. The number of carboxylic acids is 1. The van der Waals surface area contributed by atoms with E-state index in [1.54, 1.807) is 18.2 Å². The largest absolute Gasteiger partial charge is 0.480 e. The molecule has 0 spiro atoms. The molecule has 1 aromatic rings. The Hall–Kier alpha value is -1.84. The van der Waals surface area contributed by atoms with E-state index in [2.05, 4.69) is 27.2 Å². The third-order valence-corrected chi connectivity index (χ3v) is 2.64. The highest BCUT2D eigenvalue weighted by Crippen LogP contribution is 2.15. The van der Waals surface area contributed by atoms with Crippen molar-refractivity contribution >= 4 is 33.5 Å². The molecule has 0 atom stereocenters. The lowest BCUT2D eigenvalue weighted by Gasteiger charge is -2.16. The van der Waals surface area contributed by atoms with Gasteiger partial charge in [0, 0.05) is 10.2 Å². The van der Waals surface area contributed by atoms with Crippen molar-refractivity contribution in [2.24, 2.45) is 0 Å². The van der Waals surface area contributed by atoms with Gasteiger partial charge in [0.25, 0.3) is 0 Å². The van der Waals surface area contributed by atoms with E-state index in [9.17, 15) is 9.59 Å². The van der Waals surface area contributed by atoms with Gasteiger partial charge in [-0.05, 0) is 18.2 Å². The Bertz CT molecular complexity index is 511. The molecule has 6 heteroatoms. The van der Waals surface area contributed by atoms with Crippen LogP contribution >= 0.6 is 15.9 Å². The Morgan fingerprint density at radius 2 is 2.16 bits per heavy atom. The average molecular weight is 325 g/mol. The standard InChI is InChI=1S/C13H13BrN2O3/c1-2-6-16(9-13(18)19)8-12(17)15-11-5-3-4-10(14)7-11/h1,3-5,7H,6,8-9H2,(H,15,17)(H,18,19). The molecule has 2 N–H and O–H groups in total. The maximum absolute atomic E-state index is 11.8. The minimum Gasteiger partial charge on any atom is -0.480 e. The van der Waals surface area contributed by atoms with Gasteiger partial charge in [-0.15, -0.1) is 6.42 Å². The molecule has 1 amide bonds. The van der Waals surface area contributed by atoms with Gasteiger partial charge in [0.2, 0.25) is 5.91 Å². The monoisotopic (exact) mass is 324 g/mol. The van der Waals surface area contributed by atoms with Crippen molar-refractivity contribution < 1.29 is 14.7 Å². The SMILES string of the molecule is C#CCN(CC(=O)O)CC(=O)Nc1cccc(Br)c1. The number of carbonyl (C=O) groups is 2. The summed E-state index contributed by atoms with van der Waals surface area (Å²) >= 11 is 3.29. The fourth-order valence-corrected chi connectivity index (χ4v) is 1.86. The smallest absolute Gasteiger partial charge is 0.317 e. The number of aliphatic carboxylic acids is 1. The number of nitrogens with one attached hydrogen (secondary N) is 1. The Balaban J connectivity index is 2.57. The summed E-state index contributed by atoms with van der Waals surface area (Å²) in [7, 11) is 0. The third-order valence-electron chi connectivity index (χ3n) is 2.15. The van der Waals surface area contributed by atoms with E-state index in [-0.39, 0.29) is 25.5 Å². The molecule has 0 aromatic heterocycles. The van der Waals surface area contributed by atoms with Crippen molar-refractivity contribution in [2.45, 2.75) is 0 Å². The van der Waals surface area contributed by atoms with Gasteiger partial charge in [-0.2, -0.15) is 0 Å². The van der Waals surface area contributed by atoms with Crippen LogP contribution in [0, 0.1) is 12.3 Å². The van der Waals surface area contributed by atoms with Crippen LogP contribution in [0.3, 0.4) is 0 Å². The topological polar surface area (TPSA) is 69.6 Å². The fraction of sp³-hybridized carbons (Fsp3) is 0.231. The van der Waals surface area contributed by atoms with Crippen LogP contribution in [-0.4, -0.2) is 41.5 Å². The first kappa shape index (κ1) is 15.2. The molecule has 0 unspecified atom stereocenters. The van der Waals surface area contributed by atoms with Crippen LogP contribution in [0.2, 0.25) is 0 Å². The highest BCUT2D eigenvalue weighted by Gasteiger charge is 2.13. The molecule has 0 aliphatic rings. The van der Waals surface area contributed by atoms with Crippen molar-refractivity contribution in [3.05, 3.63) is 28.7 Å². The van der Waals surface area contributed by atoms with Crippen LogP contribution in [0.5, 0.6) is 0 Å². The number of halogens is 1. The maximum Gasteiger partial charge on any atom is 0.317 e. The number of anilines is 1.